The molecule has 0 fully saturated rings. The molecule has 4 nitrogen and oxygen atoms in total. The van der Waals surface area contributed by atoms with Gasteiger partial charge in [0.1, 0.15) is 0 Å². The maximum atomic E-state index is 11.4. The van der Waals surface area contributed by atoms with Crippen molar-refractivity contribution in [1.29, 1.82) is 0 Å². The Kier molecular flexibility index (Phi) is 3.46. The number of fused-ring (bicyclic) bond motifs is 1. The fourth-order valence-corrected chi connectivity index (χ4v) is 3.50. The highest BCUT2D eigenvalue weighted by molar-refractivity contribution is 7.10. The van der Waals surface area contributed by atoms with Crippen LogP contribution in [-0.4, -0.2) is 16.5 Å². The lowest BCUT2D eigenvalue weighted by Gasteiger charge is -2.18. The molecule has 0 spiro atoms. The lowest BCUT2D eigenvalue weighted by atomic mass is 10.0. The minimum Gasteiger partial charge on any atom is -0.306 e. The topological polar surface area (TPSA) is 60.7 Å². The van der Waals surface area contributed by atoms with Crippen LogP contribution in [0.15, 0.2) is 34.4 Å². The minimum absolute atomic E-state index is 0.163. The van der Waals surface area contributed by atoms with E-state index in [1.165, 1.54) is 16.0 Å². The van der Waals surface area contributed by atoms with Crippen LogP contribution in [0.4, 0.5) is 0 Å². The molecule has 0 radical (unpaired) electrons. The molecule has 0 saturated carbocycles. The molecule has 0 aliphatic carbocycles. The third-order valence-electron chi connectivity index (χ3n) is 3.45. The summed E-state index contributed by atoms with van der Waals surface area (Å²) in [7, 11) is 0. The van der Waals surface area contributed by atoms with Gasteiger partial charge in [-0.25, -0.2) is 4.79 Å². The van der Waals surface area contributed by atoms with E-state index in [0.717, 1.165) is 17.6 Å². The second-order valence-electron chi connectivity index (χ2n) is 4.84. The Bertz CT molecular complexity index is 784. The highest BCUT2D eigenvalue weighted by Gasteiger charge is 2.17. The molecule has 0 aliphatic heterocycles. The van der Waals surface area contributed by atoms with Gasteiger partial charge in [0.15, 0.2) is 0 Å². The fraction of sp³-hybridized carbons (Fsp3) is 0.267. The van der Waals surface area contributed by atoms with Crippen molar-refractivity contribution < 1.29 is 0 Å². The lowest BCUT2D eigenvalue weighted by Crippen LogP contribution is -2.21. The molecule has 0 amide bonds. The normalized spacial score (nSPS) is 12.9. The number of aromatic nitrogens is 2. The van der Waals surface area contributed by atoms with E-state index in [9.17, 15) is 4.79 Å². The van der Waals surface area contributed by atoms with E-state index < -0.39 is 0 Å². The summed E-state index contributed by atoms with van der Waals surface area (Å²) < 4.78 is 0. The maximum absolute atomic E-state index is 11.4. The average Bonchev–Trinajstić information content (AvgIpc) is 3.00. The molecule has 2 aromatic heterocycles. The van der Waals surface area contributed by atoms with Crippen LogP contribution in [0.5, 0.6) is 0 Å². The zero-order chi connectivity index (χ0) is 14.1. The number of rotatable bonds is 4. The van der Waals surface area contributed by atoms with Crippen LogP contribution in [0, 0.1) is 6.92 Å². The van der Waals surface area contributed by atoms with Gasteiger partial charge >= 0.3 is 5.69 Å². The molecular weight excluding hydrogens is 270 g/mol. The van der Waals surface area contributed by atoms with Gasteiger partial charge in [0.2, 0.25) is 0 Å². The van der Waals surface area contributed by atoms with Crippen molar-refractivity contribution in [3.63, 3.8) is 0 Å². The molecule has 1 atom stereocenters. The number of aromatic amines is 2. The Morgan fingerprint density at radius 2 is 2.05 bits per heavy atom. The van der Waals surface area contributed by atoms with Crippen LogP contribution >= 0.6 is 11.3 Å². The summed E-state index contributed by atoms with van der Waals surface area (Å²) in [6, 6.07) is 8.37. The van der Waals surface area contributed by atoms with Gasteiger partial charge in [0, 0.05) is 4.88 Å². The second kappa shape index (κ2) is 5.26. The van der Waals surface area contributed by atoms with Gasteiger partial charge < -0.3 is 15.3 Å². The van der Waals surface area contributed by atoms with Gasteiger partial charge in [-0.05, 0) is 48.2 Å². The van der Waals surface area contributed by atoms with Crippen molar-refractivity contribution in [3.8, 4) is 0 Å². The molecule has 3 rings (SSSR count). The summed E-state index contributed by atoms with van der Waals surface area (Å²) in [5, 5.41) is 5.64. The monoisotopic (exact) mass is 287 g/mol. The summed E-state index contributed by atoms with van der Waals surface area (Å²) in [4.78, 5) is 18.3. The second-order valence-corrected chi connectivity index (χ2v) is 5.79. The Morgan fingerprint density at radius 1 is 1.25 bits per heavy atom. The van der Waals surface area contributed by atoms with E-state index >= 15 is 0 Å². The molecule has 20 heavy (non-hydrogen) atoms. The molecular formula is C15H17N3OS. The molecule has 3 aromatic rings. The van der Waals surface area contributed by atoms with Crippen LogP contribution in [0.3, 0.4) is 0 Å². The van der Waals surface area contributed by atoms with Crippen molar-refractivity contribution in [2.75, 3.05) is 6.54 Å². The van der Waals surface area contributed by atoms with Crippen LogP contribution in [0.25, 0.3) is 11.0 Å². The molecule has 2 heterocycles. The van der Waals surface area contributed by atoms with Crippen molar-refractivity contribution in [2.45, 2.75) is 19.9 Å². The smallest absolute Gasteiger partial charge is 0.306 e. The molecule has 5 heteroatoms. The number of H-pyrrole nitrogens is 2. The molecule has 0 bridgehead atoms. The Morgan fingerprint density at radius 3 is 2.75 bits per heavy atom. The number of hydrogen-bond donors (Lipinski definition) is 3. The predicted octanol–water partition coefficient (Wildman–Crippen LogP) is 2.93. The van der Waals surface area contributed by atoms with Crippen molar-refractivity contribution >= 4 is 22.4 Å². The fourth-order valence-electron chi connectivity index (χ4n) is 2.48. The van der Waals surface area contributed by atoms with Crippen molar-refractivity contribution in [1.82, 2.24) is 15.3 Å². The van der Waals surface area contributed by atoms with Crippen molar-refractivity contribution in [3.05, 3.63) is 56.1 Å². The predicted molar refractivity (Wildman–Crippen MR) is 83.5 cm³/mol. The molecule has 0 saturated heterocycles. The lowest BCUT2D eigenvalue weighted by molar-refractivity contribution is 0.638. The Balaban J connectivity index is 2.09. The Hall–Kier alpha value is -1.85. The van der Waals surface area contributed by atoms with Gasteiger partial charge in [0.05, 0.1) is 17.1 Å². The zero-order valence-corrected chi connectivity index (χ0v) is 12.3. The minimum atomic E-state index is -0.163. The van der Waals surface area contributed by atoms with E-state index in [4.69, 9.17) is 0 Å². The zero-order valence-electron chi connectivity index (χ0n) is 11.5. The first-order valence-corrected chi connectivity index (χ1v) is 7.56. The number of hydrogen-bond acceptors (Lipinski definition) is 3. The van der Waals surface area contributed by atoms with Gasteiger partial charge in [-0.2, -0.15) is 0 Å². The molecule has 1 unspecified atom stereocenters. The molecule has 1 aromatic carbocycles. The largest absolute Gasteiger partial charge is 0.323 e. The number of imidazole rings is 1. The van der Waals surface area contributed by atoms with Crippen LogP contribution in [0.1, 0.15) is 29.0 Å². The first kappa shape index (κ1) is 13.1. The highest BCUT2D eigenvalue weighted by atomic mass is 32.1. The summed E-state index contributed by atoms with van der Waals surface area (Å²) in [5.74, 6) is 0. The number of thiophene rings is 1. The quantitative estimate of drug-likeness (QED) is 0.691. The average molecular weight is 287 g/mol. The molecule has 0 aliphatic rings. The number of nitrogens with one attached hydrogen (secondary N) is 3. The third kappa shape index (κ3) is 2.30. The van der Waals surface area contributed by atoms with E-state index in [-0.39, 0.29) is 11.7 Å². The van der Waals surface area contributed by atoms with Crippen LogP contribution in [0.2, 0.25) is 0 Å². The van der Waals surface area contributed by atoms with Crippen LogP contribution in [-0.2, 0) is 0 Å². The molecule has 3 N–H and O–H groups in total. The Labute approximate surface area is 120 Å². The summed E-state index contributed by atoms with van der Waals surface area (Å²) in [5.41, 5.74) is 4.00. The van der Waals surface area contributed by atoms with E-state index in [1.807, 2.05) is 12.1 Å². The van der Waals surface area contributed by atoms with Gasteiger partial charge in [-0.15, -0.1) is 11.3 Å². The third-order valence-corrected chi connectivity index (χ3v) is 4.53. The number of benzene rings is 1. The van der Waals surface area contributed by atoms with Crippen molar-refractivity contribution in [2.24, 2.45) is 0 Å². The summed E-state index contributed by atoms with van der Waals surface area (Å²) in [6.45, 7) is 5.13. The van der Waals surface area contributed by atoms with Gasteiger partial charge in [-0.3, -0.25) is 0 Å². The van der Waals surface area contributed by atoms with E-state index in [2.05, 4.69) is 46.6 Å². The standard InChI is InChI=1S/C15H17N3OS/c1-3-16-13(14-9(2)6-7-20-14)10-4-5-11-12(8-10)18-15(19)17-11/h4-8,13,16H,3H2,1-2H3,(H2,17,18,19). The van der Waals surface area contributed by atoms with Crippen LogP contribution < -0.4 is 11.0 Å². The van der Waals surface area contributed by atoms with E-state index in [0.29, 0.717) is 0 Å². The molecule has 104 valence electrons. The first-order chi connectivity index (χ1) is 9.69. The number of aryl methyl sites for hydroxylation is 1. The van der Waals surface area contributed by atoms with Gasteiger partial charge in [0.25, 0.3) is 0 Å². The highest BCUT2D eigenvalue weighted by Crippen LogP contribution is 2.30. The summed E-state index contributed by atoms with van der Waals surface area (Å²) >= 11 is 1.76. The SMILES string of the molecule is CCNC(c1ccc2[nH]c(=O)[nH]c2c1)c1sccc1C. The van der Waals surface area contributed by atoms with Gasteiger partial charge in [-0.1, -0.05) is 13.0 Å². The summed E-state index contributed by atoms with van der Waals surface area (Å²) in [6.07, 6.45) is 0. The first-order valence-electron chi connectivity index (χ1n) is 6.68. The van der Waals surface area contributed by atoms with E-state index in [1.54, 1.807) is 11.3 Å². The maximum Gasteiger partial charge on any atom is 0.323 e.